The third kappa shape index (κ3) is 3.87. The van der Waals surface area contributed by atoms with Gasteiger partial charge in [-0.15, -0.1) is 10.2 Å². The smallest absolute Gasteiger partial charge is 0.230 e. The molecule has 0 unspecified atom stereocenters. The van der Waals surface area contributed by atoms with Crippen LogP contribution in [-0.4, -0.2) is 10.2 Å². The minimum atomic E-state index is 0.0930. The van der Waals surface area contributed by atoms with Crippen molar-refractivity contribution in [3.63, 3.8) is 0 Å². The topological polar surface area (TPSA) is 64.1 Å². The van der Waals surface area contributed by atoms with Crippen molar-refractivity contribution in [2.75, 3.05) is 0 Å². The number of hydrogen-bond acceptors (Lipinski definition) is 5. The zero-order chi connectivity index (χ0) is 16.2. The fourth-order valence-electron chi connectivity index (χ4n) is 2.43. The van der Waals surface area contributed by atoms with E-state index in [1.165, 1.54) is 11.1 Å². The summed E-state index contributed by atoms with van der Waals surface area (Å²) in [6.07, 6.45) is 0.659. The molecule has 0 saturated heterocycles. The summed E-state index contributed by atoms with van der Waals surface area (Å²) in [5.41, 5.74) is 2.43. The second-order valence-corrected chi connectivity index (χ2v) is 5.74. The molecule has 2 heterocycles. The van der Waals surface area contributed by atoms with Crippen LogP contribution in [0.3, 0.4) is 0 Å². The largest absolute Gasteiger partial charge is 0.465 e. The molecule has 5 heteroatoms. The Kier molecular flexibility index (Phi) is 4.57. The molecule has 0 spiro atoms. The van der Waals surface area contributed by atoms with Gasteiger partial charge in [0.2, 0.25) is 11.8 Å². The summed E-state index contributed by atoms with van der Waals surface area (Å²) in [6.45, 7) is 6.58. The van der Waals surface area contributed by atoms with Crippen LogP contribution < -0.4 is 5.32 Å². The molecule has 2 aromatic heterocycles. The van der Waals surface area contributed by atoms with Crippen LogP contribution >= 0.6 is 0 Å². The lowest BCUT2D eigenvalue weighted by Gasteiger charge is -2.08. The highest BCUT2D eigenvalue weighted by Gasteiger charge is 2.12. The quantitative estimate of drug-likeness (QED) is 0.751. The van der Waals surface area contributed by atoms with E-state index < -0.39 is 0 Å². The van der Waals surface area contributed by atoms with Gasteiger partial charge in [-0.2, -0.15) is 0 Å². The van der Waals surface area contributed by atoms with Crippen molar-refractivity contribution in [1.82, 2.24) is 15.5 Å². The minimum absolute atomic E-state index is 0.0930. The molecular weight excluding hydrogens is 290 g/mol. The zero-order valence-electron chi connectivity index (χ0n) is 13.7. The number of rotatable bonds is 6. The standard InChI is InChI=1S/C18H21N3O2/c1-12-6-4-5-7-15(12)10-17-20-21-18(23-17)11-19-14(3)16-9-8-13(2)22-16/h4-9,14,19H,10-11H2,1-3H3/t14-/m0/s1. The van der Waals surface area contributed by atoms with E-state index in [0.29, 0.717) is 24.7 Å². The first-order chi connectivity index (χ1) is 11.1. The lowest BCUT2D eigenvalue weighted by atomic mass is 10.1. The summed E-state index contributed by atoms with van der Waals surface area (Å²) in [6, 6.07) is 12.2. The normalized spacial score (nSPS) is 12.5. The van der Waals surface area contributed by atoms with E-state index in [4.69, 9.17) is 8.83 Å². The molecule has 23 heavy (non-hydrogen) atoms. The molecule has 0 amide bonds. The van der Waals surface area contributed by atoms with Gasteiger partial charge < -0.3 is 8.83 Å². The van der Waals surface area contributed by atoms with Crippen LogP contribution in [0.25, 0.3) is 0 Å². The molecule has 3 rings (SSSR count). The van der Waals surface area contributed by atoms with E-state index in [1.807, 2.05) is 38.1 Å². The maximum atomic E-state index is 5.72. The molecule has 0 radical (unpaired) electrons. The second kappa shape index (κ2) is 6.79. The van der Waals surface area contributed by atoms with E-state index >= 15 is 0 Å². The molecule has 0 fully saturated rings. The van der Waals surface area contributed by atoms with E-state index in [-0.39, 0.29) is 6.04 Å². The fraction of sp³-hybridized carbons (Fsp3) is 0.333. The Hall–Kier alpha value is -2.40. The Bertz CT molecular complexity index is 776. The first-order valence-electron chi connectivity index (χ1n) is 7.77. The third-order valence-electron chi connectivity index (χ3n) is 3.86. The van der Waals surface area contributed by atoms with Gasteiger partial charge in [0, 0.05) is 0 Å². The maximum Gasteiger partial charge on any atom is 0.230 e. The van der Waals surface area contributed by atoms with Crippen LogP contribution in [0, 0.1) is 13.8 Å². The van der Waals surface area contributed by atoms with Crippen LogP contribution in [0.15, 0.2) is 45.2 Å². The van der Waals surface area contributed by atoms with Gasteiger partial charge in [0.25, 0.3) is 0 Å². The fourth-order valence-corrected chi connectivity index (χ4v) is 2.43. The Labute approximate surface area is 135 Å². The number of nitrogens with one attached hydrogen (secondary N) is 1. The number of benzene rings is 1. The number of nitrogens with zero attached hydrogens (tertiary/aromatic N) is 2. The molecule has 0 bridgehead atoms. The molecule has 0 aliphatic heterocycles. The number of aromatic nitrogens is 2. The van der Waals surface area contributed by atoms with Crippen molar-refractivity contribution in [1.29, 1.82) is 0 Å². The summed E-state index contributed by atoms with van der Waals surface area (Å²) < 4.78 is 11.3. The van der Waals surface area contributed by atoms with Crippen molar-refractivity contribution < 1.29 is 8.83 Å². The average Bonchev–Trinajstić information content (AvgIpc) is 3.16. The van der Waals surface area contributed by atoms with Crippen molar-refractivity contribution in [3.8, 4) is 0 Å². The van der Waals surface area contributed by atoms with Gasteiger partial charge in [0.05, 0.1) is 19.0 Å². The lowest BCUT2D eigenvalue weighted by Crippen LogP contribution is -2.17. The number of hydrogen-bond donors (Lipinski definition) is 1. The Morgan fingerprint density at radius 1 is 1.00 bits per heavy atom. The molecule has 1 N–H and O–H groups in total. The molecule has 0 aliphatic carbocycles. The monoisotopic (exact) mass is 311 g/mol. The highest BCUT2D eigenvalue weighted by atomic mass is 16.4. The van der Waals surface area contributed by atoms with E-state index in [0.717, 1.165) is 11.5 Å². The van der Waals surface area contributed by atoms with E-state index in [2.05, 4.69) is 34.6 Å². The third-order valence-corrected chi connectivity index (χ3v) is 3.86. The van der Waals surface area contributed by atoms with Gasteiger partial charge in [-0.05, 0) is 44.0 Å². The minimum Gasteiger partial charge on any atom is -0.465 e. The van der Waals surface area contributed by atoms with Crippen LogP contribution in [0.1, 0.15) is 47.4 Å². The van der Waals surface area contributed by atoms with Crippen molar-refractivity contribution in [2.24, 2.45) is 0 Å². The van der Waals surface area contributed by atoms with Crippen LogP contribution in [0.5, 0.6) is 0 Å². The highest BCUT2D eigenvalue weighted by Crippen LogP contribution is 2.16. The summed E-state index contributed by atoms with van der Waals surface area (Å²) in [4.78, 5) is 0. The number of furan rings is 1. The lowest BCUT2D eigenvalue weighted by molar-refractivity contribution is 0.386. The van der Waals surface area contributed by atoms with E-state index in [9.17, 15) is 0 Å². The van der Waals surface area contributed by atoms with Gasteiger partial charge >= 0.3 is 0 Å². The average molecular weight is 311 g/mol. The van der Waals surface area contributed by atoms with E-state index in [1.54, 1.807) is 0 Å². The maximum absolute atomic E-state index is 5.72. The summed E-state index contributed by atoms with van der Waals surface area (Å²) in [5, 5.41) is 11.6. The number of aryl methyl sites for hydroxylation is 2. The highest BCUT2D eigenvalue weighted by molar-refractivity contribution is 5.27. The summed E-state index contributed by atoms with van der Waals surface area (Å²) in [5.74, 6) is 3.04. The van der Waals surface area contributed by atoms with Crippen LogP contribution in [0.2, 0.25) is 0 Å². The molecule has 5 nitrogen and oxygen atoms in total. The Balaban J connectivity index is 1.58. The molecule has 3 aromatic rings. The van der Waals surface area contributed by atoms with Crippen molar-refractivity contribution in [3.05, 3.63) is 70.8 Å². The van der Waals surface area contributed by atoms with Crippen LogP contribution in [0.4, 0.5) is 0 Å². The predicted molar refractivity (Wildman–Crippen MR) is 87.0 cm³/mol. The molecule has 120 valence electrons. The Morgan fingerprint density at radius 2 is 1.78 bits per heavy atom. The first kappa shape index (κ1) is 15.5. The molecular formula is C18H21N3O2. The molecule has 1 aromatic carbocycles. The molecule has 1 atom stereocenters. The molecule has 0 aliphatic rings. The van der Waals surface area contributed by atoms with Gasteiger partial charge in [-0.25, -0.2) is 0 Å². The zero-order valence-corrected chi connectivity index (χ0v) is 13.7. The SMILES string of the molecule is Cc1ccc([C@H](C)NCc2nnc(Cc3ccccc3C)o2)o1. The summed E-state index contributed by atoms with van der Waals surface area (Å²) >= 11 is 0. The summed E-state index contributed by atoms with van der Waals surface area (Å²) in [7, 11) is 0. The van der Waals surface area contributed by atoms with Gasteiger partial charge in [0.15, 0.2) is 0 Å². The van der Waals surface area contributed by atoms with Gasteiger partial charge in [-0.3, -0.25) is 5.32 Å². The van der Waals surface area contributed by atoms with Crippen LogP contribution in [-0.2, 0) is 13.0 Å². The second-order valence-electron chi connectivity index (χ2n) is 5.74. The van der Waals surface area contributed by atoms with Gasteiger partial charge in [-0.1, -0.05) is 24.3 Å². The van der Waals surface area contributed by atoms with Crippen molar-refractivity contribution in [2.45, 2.75) is 39.8 Å². The first-order valence-corrected chi connectivity index (χ1v) is 7.77. The van der Waals surface area contributed by atoms with Gasteiger partial charge in [0.1, 0.15) is 11.5 Å². The van der Waals surface area contributed by atoms with Crippen molar-refractivity contribution >= 4 is 0 Å². The molecule has 0 saturated carbocycles. The Morgan fingerprint density at radius 3 is 2.52 bits per heavy atom. The predicted octanol–water partition coefficient (Wildman–Crippen LogP) is 3.72.